The van der Waals surface area contributed by atoms with Crippen LogP contribution in [-0.4, -0.2) is 0 Å². The quantitative estimate of drug-likeness (QED) is 0.149. The predicted octanol–water partition coefficient (Wildman–Crippen LogP) is 15.7. The third-order valence-corrected chi connectivity index (χ3v) is 12.4. The molecule has 0 bridgehead atoms. The average molecular weight is 764 g/mol. The molecule has 10 aromatic carbocycles. The second kappa shape index (κ2) is 14.9. The highest BCUT2D eigenvalue weighted by molar-refractivity contribution is 6.04. The lowest BCUT2D eigenvalue weighted by Gasteiger charge is -2.35. The van der Waals surface area contributed by atoms with Crippen LogP contribution in [-0.2, 0) is 5.41 Å². The minimum Gasteiger partial charge on any atom is -0.310 e. The molecule has 0 heterocycles. The van der Waals surface area contributed by atoms with Crippen LogP contribution in [0.15, 0.2) is 249 Å². The molecule has 0 atom stereocenters. The summed E-state index contributed by atoms with van der Waals surface area (Å²) in [5.74, 6) is 0. The molecule has 60 heavy (non-hydrogen) atoms. The summed E-state index contributed by atoms with van der Waals surface area (Å²) in [6, 6.07) is 91.2. The van der Waals surface area contributed by atoms with Crippen molar-refractivity contribution in [1.29, 1.82) is 0 Å². The Labute approximate surface area is 352 Å². The normalized spacial score (nSPS) is 12.5. The van der Waals surface area contributed by atoms with Gasteiger partial charge in [-0.1, -0.05) is 212 Å². The SMILES string of the molecule is c1ccc(-c2ccc(N(c3ccc(-c4ccccc4)cc3)c3cc4c(cc3-c3cccc5ccccc35)-c3ccccc3C4(c3ccccc3)c3ccccc3)cc2)cc1. The number of fused-ring (bicyclic) bond motifs is 4. The van der Waals surface area contributed by atoms with Gasteiger partial charge in [0.15, 0.2) is 0 Å². The molecule has 0 saturated carbocycles. The van der Waals surface area contributed by atoms with Crippen molar-refractivity contribution < 1.29 is 0 Å². The molecule has 0 aromatic heterocycles. The summed E-state index contributed by atoms with van der Waals surface area (Å²) in [7, 11) is 0. The summed E-state index contributed by atoms with van der Waals surface area (Å²) < 4.78 is 0. The van der Waals surface area contributed by atoms with E-state index in [1.807, 2.05) is 0 Å². The van der Waals surface area contributed by atoms with Gasteiger partial charge in [-0.25, -0.2) is 0 Å². The van der Waals surface area contributed by atoms with Gasteiger partial charge in [0.05, 0.1) is 11.1 Å². The van der Waals surface area contributed by atoms with Crippen molar-refractivity contribution in [2.75, 3.05) is 4.90 Å². The Morgan fingerprint density at radius 3 is 1.32 bits per heavy atom. The van der Waals surface area contributed by atoms with E-state index in [2.05, 4.69) is 254 Å². The van der Waals surface area contributed by atoms with Gasteiger partial charge in [-0.2, -0.15) is 0 Å². The number of rotatable bonds is 8. The third kappa shape index (κ3) is 5.86. The molecule has 1 aliphatic carbocycles. The van der Waals surface area contributed by atoms with Gasteiger partial charge in [0.1, 0.15) is 0 Å². The maximum absolute atomic E-state index is 2.52. The van der Waals surface area contributed by atoms with Crippen LogP contribution in [0.3, 0.4) is 0 Å². The fraction of sp³-hybridized carbons (Fsp3) is 0.0169. The van der Waals surface area contributed by atoms with Crippen LogP contribution in [0.2, 0.25) is 0 Å². The molecule has 282 valence electrons. The molecule has 11 rings (SSSR count). The molecule has 0 spiro atoms. The van der Waals surface area contributed by atoms with E-state index in [0.29, 0.717) is 0 Å². The van der Waals surface area contributed by atoms with E-state index < -0.39 is 5.41 Å². The zero-order valence-electron chi connectivity index (χ0n) is 33.1. The molecule has 1 nitrogen and oxygen atoms in total. The average Bonchev–Trinajstić information content (AvgIpc) is 3.63. The van der Waals surface area contributed by atoms with Crippen LogP contribution >= 0.6 is 0 Å². The van der Waals surface area contributed by atoms with E-state index in [4.69, 9.17) is 0 Å². The lowest BCUT2D eigenvalue weighted by atomic mass is 9.67. The molecule has 1 heteroatoms. The maximum Gasteiger partial charge on any atom is 0.0714 e. The van der Waals surface area contributed by atoms with Crippen LogP contribution in [0.5, 0.6) is 0 Å². The molecule has 0 saturated heterocycles. The summed E-state index contributed by atoms with van der Waals surface area (Å²) in [6.45, 7) is 0. The van der Waals surface area contributed by atoms with Gasteiger partial charge < -0.3 is 4.90 Å². The molecule has 10 aromatic rings. The minimum absolute atomic E-state index is 0.555. The van der Waals surface area contributed by atoms with Crippen molar-refractivity contribution in [2.24, 2.45) is 0 Å². The Balaban J connectivity index is 1.24. The van der Waals surface area contributed by atoms with E-state index in [0.717, 1.165) is 17.1 Å². The van der Waals surface area contributed by atoms with Crippen LogP contribution in [0.4, 0.5) is 17.1 Å². The lowest BCUT2D eigenvalue weighted by molar-refractivity contribution is 0.768. The zero-order chi connectivity index (χ0) is 39.9. The van der Waals surface area contributed by atoms with Crippen molar-refractivity contribution in [3.63, 3.8) is 0 Å². The van der Waals surface area contributed by atoms with E-state index in [-0.39, 0.29) is 0 Å². The second-order valence-electron chi connectivity index (χ2n) is 15.6. The fourth-order valence-electron chi connectivity index (χ4n) is 9.63. The molecule has 0 amide bonds. The molecule has 0 N–H and O–H groups in total. The highest BCUT2D eigenvalue weighted by Crippen LogP contribution is 2.59. The summed E-state index contributed by atoms with van der Waals surface area (Å²) in [4.78, 5) is 2.48. The molecule has 1 aliphatic rings. The molecular formula is C59H41N. The monoisotopic (exact) mass is 763 g/mol. The van der Waals surface area contributed by atoms with Crippen LogP contribution in [0.25, 0.3) is 55.3 Å². The van der Waals surface area contributed by atoms with E-state index >= 15 is 0 Å². The molecule has 0 aliphatic heterocycles. The standard InChI is InChI=1S/C59H41N/c1-5-18-42(19-6-1)44-32-36-49(37-33-44)60(50-38-34-45(35-39-50)43-20-7-2-8-21-43)58-41-57-54(40-55(58)52-30-17-23-46-22-13-14-28-51(46)52)53-29-15-16-31-56(53)59(57,47-24-9-3-10-25-47)48-26-11-4-12-27-48/h1-41H. The van der Waals surface area contributed by atoms with E-state index in [1.54, 1.807) is 0 Å². The summed E-state index contributed by atoms with van der Waals surface area (Å²) in [6.07, 6.45) is 0. The van der Waals surface area contributed by atoms with Crippen molar-refractivity contribution in [2.45, 2.75) is 5.41 Å². The molecular weight excluding hydrogens is 723 g/mol. The first kappa shape index (κ1) is 35.4. The Morgan fingerprint density at radius 1 is 0.283 bits per heavy atom. The summed E-state index contributed by atoms with van der Waals surface area (Å²) >= 11 is 0. The van der Waals surface area contributed by atoms with Crippen molar-refractivity contribution in [3.8, 4) is 44.5 Å². The van der Waals surface area contributed by atoms with Crippen LogP contribution in [0.1, 0.15) is 22.3 Å². The molecule has 0 unspecified atom stereocenters. The molecule has 0 fully saturated rings. The van der Waals surface area contributed by atoms with Crippen molar-refractivity contribution >= 4 is 27.8 Å². The van der Waals surface area contributed by atoms with E-state index in [9.17, 15) is 0 Å². The third-order valence-electron chi connectivity index (χ3n) is 12.4. The fourth-order valence-corrected chi connectivity index (χ4v) is 9.63. The van der Waals surface area contributed by atoms with Crippen molar-refractivity contribution in [1.82, 2.24) is 0 Å². The Kier molecular flexibility index (Phi) is 8.79. The van der Waals surface area contributed by atoms with Crippen molar-refractivity contribution in [3.05, 3.63) is 271 Å². The van der Waals surface area contributed by atoms with Gasteiger partial charge in [0, 0.05) is 16.9 Å². The van der Waals surface area contributed by atoms with Gasteiger partial charge in [-0.05, 0) is 108 Å². The van der Waals surface area contributed by atoms with E-state index in [1.165, 1.54) is 77.5 Å². The maximum atomic E-state index is 2.52. The van der Waals surface area contributed by atoms with Gasteiger partial charge in [-0.3, -0.25) is 0 Å². The Hall–Kier alpha value is -7.74. The number of nitrogens with zero attached hydrogens (tertiary/aromatic N) is 1. The van der Waals surface area contributed by atoms with Gasteiger partial charge in [0.2, 0.25) is 0 Å². The van der Waals surface area contributed by atoms with Gasteiger partial charge >= 0.3 is 0 Å². The number of benzene rings is 10. The highest BCUT2D eigenvalue weighted by Gasteiger charge is 2.46. The summed E-state index contributed by atoms with van der Waals surface area (Å²) in [5, 5.41) is 2.44. The number of hydrogen-bond acceptors (Lipinski definition) is 1. The predicted molar refractivity (Wildman–Crippen MR) is 252 cm³/mol. The van der Waals surface area contributed by atoms with Gasteiger partial charge in [-0.15, -0.1) is 0 Å². The largest absolute Gasteiger partial charge is 0.310 e. The molecule has 0 radical (unpaired) electrons. The summed E-state index contributed by atoms with van der Waals surface area (Å²) in [5.41, 5.74) is 17.5. The first-order chi connectivity index (χ1) is 29.8. The second-order valence-corrected chi connectivity index (χ2v) is 15.6. The topological polar surface area (TPSA) is 3.24 Å². The van der Waals surface area contributed by atoms with Crippen LogP contribution in [0, 0.1) is 0 Å². The first-order valence-electron chi connectivity index (χ1n) is 20.8. The minimum atomic E-state index is -0.555. The highest BCUT2D eigenvalue weighted by atomic mass is 15.1. The Bertz CT molecular complexity index is 2970. The lowest BCUT2D eigenvalue weighted by Crippen LogP contribution is -2.28. The van der Waals surface area contributed by atoms with Crippen LogP contribution < -0.4 is 4.90 Å². The Morgan fingerprint density at radius 2 is 0.733 bits per heavy atom. The number of hydrogen-bond donors (Lipinski definition) is 0. The first-order valence-corrected chi connectivity index (χ1v) is 20.8. The smallest absolute Gasteiger partial charge is 0.0714 e. The van der Waals surface area contributed by atoms with Gasteiger partial charge in [0.25, 0.3) is 0 Å². The zero-order valence-corrected chi connectivity index (χ0v) is 33.1. The number of anilines is 3.